The van der Waals surface area contributed by atoms with Gasteiger partial charge in [-0.05, 0) is 0 Å². The molecule has 0 saturated carbocycles. The highest BCUT2D eigenvalue weighted by atomic mass is 16.7. The molecule has 1 aliphatic rings. The highest BCUT2D eigenvalue weighted by Gasteiger charge is 2.80. The van der Waals surface area contributed by atoms with Crippen LogP contribution in [0.2, 0.25) is 0 Å². The van der Waals surface area contributed by atoms with Crippen LogP contribution in [0.25, 0.3) is 0 Å². The Morgan fingerprint density at radius 2 is 1.44 bits per heavy atom. The Balaban J connectivity index is 3.45. The van der Waals surface area contributed by atoms with E-state index in [9.17, 15) is 40.5 Å². The van der Waals surface area contributed by atoms with Crippen molar-refractivity contribution in [1.82, 2.24) is 5.01 Å². The monoisotopic (exact) mass is 264 g/mol. The maximum Gasteiger partial charge on any atom is 0.766 e. The van der Waals surface area contributed by atoms with Crippen molar-refractivity contribution in [3.8, 4) is 0 Å². The number of hydrogen-bond acceptors (Lipinski definition) is 9. The molecule has 14 heteroatoms. The lowest BCUT2D eigenvalue weighted by molar-refractivity contribution is -0.947. The van der Waals surface area contributed by atoms with Crippen LogP contribution in [0.4, 0.5) is 0 Å². The van der Waals surface area contributed by atoms with Gasteiger partial charge in [-0.25, -0.2) is 15.1 Å². The van der Waals surface area contributed by atoms with Crippen LogP contribution in [-0.2, 0) is 0 Å². The fourth-order valence-electron chi connectivity index (χ4n) is 1.32. The van der Waals surface area contributed by atoms with Crippen molar-refractivity contribution in [2.75, 3.05) is 13.1 Å². The van der Waals surface area contributed by atoms with E-state index in [0.29, 0.717) is 0 Å². The van der Waals surface area contributed by atoms with E-state index < -0.39 is 38.0 Å². The highest BCUT2D eigenvalue weighted by Crippen LogP contribution is 2.20. The fourth-order valence-corrected chi connectivity index (χ4v) is 1.32. The van der Waals surface area contributed by atoms with Gasteiger partial charge in [0.1, 0.15) is 6.54 Å². The third-order valence-electron chi connectivity index (χ3n) is 2.08. The van der Waals surface area contributed by atoms with Gasteiger partial charge in [0, 0.05) is 0 Å². The van der Waals surface area contributed by atoms with Crippen molar-refractivity contribution in [1.29, 1.82) is 0 Å². The van der Waals surface area contributed by atoms with E-state index in [4.69, 9.17) is 0 Å². The molecular formula is C4H4N6O8. The van der Waals surface area contributed by atoms with Crippen molar-refractivity contribution in [2.24, 2.45) is 4.99 Å². The Morgan fingerprint density at radius 1 is 1.00 bits per heavy atom. The maximum atomic E-state index is 10.7. The van der Waals surface area contributed by atoms with E-state index >= 15 is 0 Å². The predicted molar refractivity (Wildman–Crippen MR) is 49.7 cm³/mol. The summed E-state index contributed by atoms with van der Waals surface area (Å²) in [5.41, 5.74) is 0. The Bertz CT molecular complexity index is 434. The summed E-state index contributed by atoms with van der Waals surface area (Å²) in [5, 5.41) is 41.2. The summed E-state index contributed by atoms with van der Waals surface area (Å²) >= 11 is 0. The molecule has 0 radical (unpaired) electrons. The summed E-state index contributed by atoms with van der Waals surface area (Å²) in [6.07, 6.45) is 0. The second kappa shape index (κ2) is 4.15. The van der Waals surface area contributed by atoms with Gasteiger partial charge in [0.05, 0.1) is 6.54 Å². The van der Waals surface area contributed by atoms with Crippen molar-refractivity contribution in [3.63, 3.8) is 0 Å². The molecule has 0 saturated heterocycles. The van der Waals surface area contributed by atoms with Crippen molar-refractivity contribution in [3.05, 3.63) is 40.5 Å². The molecule has 0 unspecified atom stereocenters. The molecule has 0 fully saturated rings. The largest absolute Gasteiger partial charge is 0.766 e. The number of aliphatic imine (C=N–C) groups is 1. The Morgan fingerprint density at radius 3 is 1.78 bits per heavy atom. The quantitative estimate of drug-likeness (QED) is 0.319. The molecule has 98 valence electrons. The standard InChI is InChI=1S/C4H4N6O8/c11-7(12)4(8(13)14,9(15)16)3-5-1-2-6(3)10(17)18/h1-2H2. The van der Waals surface area contributed by atoms with Crippen LogP contribution < -0.4 is 0 Å². The van der Waals surface area contributed by atoms with Crippen LogP contribution in [0.3, 0.4) is 0 Å². The first-order chi connectivity index (χ1) is 8.26. The van der Waals surface area contributed by atoms with Gasteiger partial charge in [0.25, 0.3) is 0 Å². The summed E-state index contributed by atoms with van der Waals surface area (Å²) in [6.45, 7) is -0.896. The summed E-state index contributed by atoms with van der Waals surface area (Å²) in [5.74, 6) is -5.49. The zero-order chi connectivity index (χ0) is 14.1. The minimum Gasteiger partial charge on any atom is -0.252 e. The van der Waals surface area contributed by atoms with Crippen LogP contribution in [0.1, 0.15) is 0 Å². The summed E-state index contributed by atoms with van der Waals surface area (Å²) in [7, 11) is 0. The van der Waals surface area contributed by atoms with E-state index in [2.05, 4.69) is 4.99 Å². The average Bonchev–Trinajstić information content (AvgIpc) is 2.65. The van der Waals surface area contributed by atoms with E-state index in [1.807, 2.05) is 0 Å². The first-order valence-electron chi connectivity index (χ1n) is 4.16. The van der Waals surface area contributed by atoms with Gasteiger partial charge in [0.15, 0.2) is 19.8 Å². The highest BCUT2D eigenvalue weighted by molar-refractivity contribution is 5.87. The number of nitrogens with zero attached hydrogens (tertiary/aromatic N) is 6. The molecule has 1 aliphatic heterocycles. The maximum absolute atomic E-state index is 10.7. The second-order valence-electron chi connectivity index (χ2n) is 2.97. The first kappa shape index (κ1) is 13.1. The fraction of sp³-hybridized carbons (Fsp3) is 0.750. The number of hydrazine groups is 1. The molecule has 0 aromatic heterocycles. The molecule has 0 spiro atoms. The number of amidine groups is 1. The lowest BCUT2D eigenvalue weighted by Crippen LogP contribution is -2.63. The molecule has 1 heterocycles. The zero-order valence-corrected chi connectivity index (χ0v) is 8.36. The van der Waals surface area contributed by atoms with Crippen molar-refractivity contribution >= 4 is 5.84 Å². The lowest BCUT2D eigenvalue weighted by atomic mass is 10.3. The van der Waals surface area contributed by atoms with Crippen molar-refractivity contribution in [2.45, 2.75) is 5.79 Å². The average molecular weight is 264 g/mol. The van der Waals surface area contributed by atoms with Gasteiger partial charge in [-0.2, -0.15) is 0 Å². The normalized spacial score (nSPS) is 15.1. The SMILES string of the molecule is O=[N+]([O-])N1CCN=C1C([N+](=O)[O-])([N+](=O)[O-])[N+](=O)[O-]. The van der Waals surface area contributed by atoms with Crippen molar-refractivity contribution < 1.29 is 19.8 Å². The van der Waals surface area contributed by atoms with E-state index in [1.165, 1.54) is 0 Å². The third kappa shape index (κ3) is 1.55. The topological polar surface area (TPSA) is 188 Å². The zero-order valence-electron chi connectivity index (χ0n) is 8.36. The van der Waals surface area contributed by atoms with Crippen LogP contribution in [0, 0.1) is 40.5 Å². The smallest absolute Gasteiger partial charge is 0.252 e. The first-order valence-corrected chi connectivity index (χ1v) is 4.16. The molecule has 1 rings (SSSR count). The lowest BCUT2D eigenvalue weighted by Gasteiger charge is -2.11. The number of hydrogen-bond donors (Lipinski definition) is 0. The molecular weight excluding hydrogens is 260 g/mol. The van der Waals surface area contributed by atoms with E-state index in [1.54, 1.807) is 0 Å². The molecule has 0 aromatic rings. The summed E-state index contributed by atoms with van der Waals surface area (Å²) in [4.78, 5) is 40.1. The van der Waals surface area contributed by atoms with Crippen LogP contribution in [-0.4, -0.2) is 49.5 Å². The summed E-state index contributed by atoms with van der Waals surface area (Å²) < 4.78 is 0. The van der Waals surface area contributed by atoms with E-state index in [-0.39, 0.29) is 11.6 Å². The minimum atomic E-state index is -4.07. The molecule has 0 amide bonds. The van der Waals surface area contributed by atoms with E-state index in [0.717, 1.165) is 0 Å². The van der Waals surface area contributed by atoms with Crippen LogP contribution in [0.15, 0.2) is 4.99 Å². The Kier molecular flexibility index (Phi) is 3.03. The number of nitro groups is 4. The third-order valence-corrected chi connectivity index (χ3v) is 2.08. The van der Waals surface area contributed by atoms with Gasteiger partial charge in [-0.15, -0.1) is 0 Å². The van der Waals surface area contributed by atoms with Gasteiger partial charge in [-0.3, -0.25) is 30.3 Å². The molecule has 0 aromatic carbocycles. The molecule has 0 N–H and O–H groups in total. The predicted octanol–water partition coefficient (Wildman–Crippen LogP) is -1.62. The Hall–Kier alpha value is -2.93. The van der Waals surface area contributed by atoms with Crippen LogP contribution in [0.5, 0.6) is 0 Å². The molecule has 0 atom stereocenters. The number of rotatable bonds is 5. The van der Waals surface area contributed by atoms with Gasteiger partial charge in [-0.1, -0.05) is 5.01 Å². The molecule has 0 bridgehead atoms. The Labute approximate surface area is 96.1 Å². The van der Waals surface area contributed by atoms with Gasteiger partial charge in [0.2, 0.25) is 0 Å². The molecule has 0 aliphatic carbocycles. The second-order valence-corrected chi connectivity index (χ2v) is 2.97. The summed E-state index contributed by atoms with van der Waals surface area (Å²) in [6, 6.07) is 0. The molecule has 14 nitrogen and oxygen atoms in total. The molecule has 18 heavy (non-hydrogen) atoms. The minimum absolute atomic E-state index is 0.0750. The van der Waals surface area contributed by atoms with Gasteiger partial charge >= 0.3 is 11.6 Å². The van der Waals surface area contributed by atoms with Gasteiger partial charge < -0.3 is 0 Å². The van der Waals surface area contributed by atoms with Crippen LogP contribution >= 0.6 is 0 Å².